The van der Waals surface area contributed by atoms with Gasteiger partial charge in [0.15, 0.2) is 0 Å². The molecule has 0 saturated heterocycles. The summed E-state index contributed by atoms with van der Waals surface area (Å²) in [4.78, 5) is 28.9. The highest BCUT2D eigenvalue weighted by atomic mass is 16.6. The second-order valence-corrected chi connectivity index (χ2v) is 5.86. The zero-order chi connectivity index (χ0) is 19.6. The highest BCUT2D eigenvalue weighted by Gasteiger charge is 2.28. The smallest absolute Gasteiger partial charge is 0.340 e. The van der Waals surface area contributed by atoms with Gasteiger partial charge >= 0.3 is 11.9 Å². The Morgan fingerprint density at radius 3 is 2.59 bits per heavy atom. The Hall–Kier alpha value is -3.33. The minimum Gasteiger partial charge on any atom is -0.478 e. The summed E-state index contributed by atoms with van der Waals surface area (Å²) in [7, 11) is 0. The number of fused-ring (bicyclic) bond motifs is 1. The molecule has 0 saturated carbocycles. The summed E-state index contributed by atoms with van der Waals surface area (Å²) >= 11 is 0. The van der Waals surface area contributed by atoms with Crippen LogP contribution in [0.4, 0.5) is 0 Å². The average molecular weight is 371 g/mol. The van der Waals surface area contributed by atoms with Gasteiger partial charge in [0.1, 0.15) is 11.0 Å². The number of carboxylic acids is 1. The fourth-order valence-corrected chi connectivity index (χ4v) is 2.94. The average Bonchev–Trinajstić information content (AvgIpc) is 3.09. The van der Waals surface area contributed by atoms with Crippen molar-refractivity contribution in [1.82, 2.24) is 15.3 Å². The number of nitrogens with zero attached hydrogens (tertiary/aromatic N) is 3. The molecule has 0 aliphatic carbocycles. The van der Waals surface area contributed by atoms with Crippen molar-refractivity contribution in [3.8, 4) is 11.1 Å². The third-order valence-corrected chi connectivity index (χ3v) is 4.07. The molecule has 0 fully saturated rings. The summed E-state index contributed by atoms with van der Waals surface area (Å²) in [5.74, 6) is -1.95. The highest BCUT2D eigenvalue weighted by molar-refractivity contribution is 6.10. The van der Waals surface area contributed by atoms with Crippen molar-refractivity contribution in [2.24, 2.45) is 0 Å². The van der Waals surface area contributed by atoms with E-state index < -0.39 is 11.9 Å². The van der Waals surface area contributed by atoms with Crippen LogP contribution in [0.3, 0.4) is 0 Å². The molecule has 9 heteroatoms. The summed E-state index contributed by atoms with van der Waals surface area (Å²) in [6, 6.07) is 4.97. The van der Waals surface area contributed by atoms with E-state index in [1.54, 1.807) is 32.0 Å². The fourth-order valence-electron chi connectivity index (χ4n) is 2.94. The van der Waals surface area contributed by atoms with Gasteiger partial charge in [0.25, 0.3) is 0 Å². The first-order chi connectivity index (χ1) is 13.0. The number of ether oxygens (including phenoxy) is 1. The van der Waals surface area contributed by atoms with E-state index in [0.29, 0.717) is 22.3 Å². The lowest BCUT2D eigenvalue weighted by atomic mass is 9.91. The number of carbonyl (C=O) groups excluding carboxylic acids is 1. The van der Waals surface area contributed by atoms with E-state index in [2.05, 4.69) is 15.3 Å². The molecule has 140 valence electrons. The van der Waals surface area contributed by atoms with E-state index in [9.17, 15) is 14.7 Å². The molecular weight excluding hydrogens is 354 g/mol. The number of hydrogen-bond donors (Lipinski definition) is 2. The normalized spacial score (nSPS) is 10.9. The minimum atomic E-state index is -1.23. The molecule has 0 atom stereocenters. The second-order valence-electron chi connectivity index (χ2n) is 5.86. The Morgan fingerprint density at radius 1 is 1.15 bits per heavy atom. The maximum atomic E-state index is 12.7. The number of aliphatic hydroxyl groups excluding tert-OH is 1. The zero-order valence-electron chi connectivity index (χ0n) is 14.7. The van der Waals surface area contributed by atoms with Gasteiger partial charge in [0.2, 0.25) is 0 Å². The number of benzene rings is 1. The van der Waals surface area contributed by atoms with Crippen molar-refractivity contribution < 1.29 is 29.2 Å². The number of pyridine rings is 1. The third kappa shape index (κ3) is 3.36. The number of esters is 1. The lowest BCUT2D eigenvalue weighted by Gasteiger charge is -2.16. The lowest BCUT2D eigenvalue weighted by molar-refractivity contribution is 0.0481. The Bertz CT molecular complexity index is 1030. The van der Waals surface area contributed by atoms with Crippen molar-refractivity contribution in [2.75, 3.05) is 13.2 Å². The number of hydrogen-bond acceptors (Lipinski definition) is 8. The molecule has 1 aromatic carbocycles. The van der Waals surface area contributed by atoms with Crippen LogP contribution in [-0.4, -0.2) is 50.7 Å². The predicted octanol–water partition coefficient (Wildman–Crippen LogP) is 2.14. The summed E-state index contributed by atoms with van der Waals surface area (Å²) in [5, 5.41) is 26.2. The number of rotatable bonds is 6. The summed E-state index contributed by atoms with van der Waals surface area (Å²) in [6.07, 6.45) is 0.272. The van der Waals surface area contributed by atoms with E-state index >= 15 is 0 Å². The van der Waals surface area contributed by atoms with E-state index in [1.807, 2.05) is 0 Å². The Morgan fingerprint density at radius 2 is 1.89 bits per heavy atom. The van der Waals surface area contributed by atoms with E-state index in [-0.39, 0.29) is 42.0 Å². The van der Waals surface area contributed by atoms with Crippen molar-refractivity contribution in [3.05, 3.63) is 40.7 Å². The van der Waals surface area contributed by atoms with Crippen LogP contribution in [0, 0.1) is 13.8 Å². The molecule has 0 unspecified atom stereocenters. The molecule has 2 N–H and O–H groups in total. The van der Waals surface area contributed by atoms with Gasteiger partial charge in [-0.3, -0.25) is 4.98 Å². The topological polar surface area (TPSA) is 136 Å². The quantitative estimate of drug-likeness (QED) is 0.493. The molecule has 2 aromatic heterocycles. The number of carboxylic acid groups (broad SMARTS) is 1. The monoisotopic (exact) mass is 371 g/mol. The van der Waals surface area contributed by atoms with Crippen LogP contribution >= 0.6 is 0 Å². The van der Waals surface area contributed by atoms with Gasteiger partial charge in [0.05, 0.1) is 29.1 Å². The van der Waals surface area contributed by atoms with Gasteiger partial charge in [-0.05, 0) is 30.2 Å². The minimum absolute atomic E-state index is 0.000209. The van der Waals surface area contributed by atoms with Crippen LogP contribution in [-0.2, 0) is 4.74 Å². The van der Waals surface area contributed by atoms with Crippen molar-refractivity contribution in [1.29, 1.82) is 0 Å². The van der Waals surface area contributed by atoms with E-state index in [1.165, 1.54) is 0 Å². The SMILES string of the molecule is Cc1nc(C)c(C(=O)OCCCO)c(-c2cccc3nonc23)c1C(=O)O. The van der Waals surface area contributed by atoms with Gasteiger partial charge in [0, 0.05) is 24.2 Å². The molecule has 0 radical (unpaired) electrons. The van der Waals surface area contributed by atoms with Gasteiger partial charge in [-0.15, -0.1) is 0 Å². The molecule has 27 heavy (non-hydrogen) atoms. The van der Waals surface area contributed by atoms with Crippen molar-refractivity contribution in [2.45, 2.75) is 20.3 Å². The maximum absolute atomic E-state index is 12.7. The molecule has 2 heterocycles. The predicted molar refractivity (Wildman–Crippen MR) is 93.5 cm³/mol. The first-order valence-corrected chi connectivity index (χ1v) is 8.19. The molecule has 3 rings (SSSR count). The van der Waals surface area contributed by atoms with Crippen LogP contribution in [0.2, 0.25) is 0 Å². The molecule has 0 aliphatic rings. The standard InChI is InChI=1S/C18H17N3O6/c1-9-13(17(23)24)15(11-5-3-6-12-16(11)21-27-20-12)14(10(2)19-9)18(25)26-8-4-7-22/h3,5-6,22H,4,7-8H2,1-2H3,(H,23,24). The lowest BCUT2D eigenvalue weighted by Crippen LogP contribution is -2.16. The molecule has 0 spiro atoms. The number of aliphatic hydroxyl groups is 1. The van der Waals surface area contributed by atoms with Gasteiger partial charge in [-0.2, -0.15) is 0 Å². The molecular formula is C18H17N3O6. The molecule has 3 aromatic rings. The van der Waals surface area contributed by atoms with Crippen LogP contribution in [0.25, 0.3) is 22.2 Å². The Balaban J connectivity index is 2.31. The highest BCUT2D eigenvalue weighted by Crippen LogP contribution is 2.35. The van der Waals surface area contributed by atoms with Crippen molar-refractivity contribution >= 4 is 23.0 Å². The fraction of sp³-hybridized carbons (Fsp3) is 0.278. The Labute approximate surface area is 153 Å². The van der Waals surface area contributed by atoms with Crippen LogP contribution < -0.4 is 0 Å². The number of aryl methyl sites for hydroxylation is 2. The van der Waals surface area contributed by atoms with Gasteiger partial charge in [-0.25, -0.2) is 14.2 Å². The summed E-state index contributed by atoms with van der Waals surface area (Å²) in [5.41, 5.74) is 1.79. The molecule has 0 bridgehead atoms. The third-order valence-electron chi connectivity index (χ3n) is 4.07. The summed E-state index contributed by atoms with van der Waals surface area (Å²) in [6.45, 7) is 3.03. The van der Waals surface area contributed by atoms with Crippen LogP contribution in [0.1, 0.15) is 38.5 Å². The maximum Gasteiger partial charge on any atom is 0.340 e. The van der Waals surface area contributed by atoms with Crippen LogP contribution in [0.5, 0.6) is 0 Å². The van der Waals surface area contributed by atoms with Crippen molar-refractivity contribution in [3.63, 3.8) is 0 Å². The molecule has 0 aliphatic heterocycles. The Kier molecular flexibility index (Phi) is 5.13. The summed E-state index contributed by atoms with van der Waals surface area (Å²) < 4.78 is 9.95. The van der Waals surface area contributed by atoms with Gasteiger partial charge in [-0.1, -0.05) is 12.1 Å². The number of aromatic carboxylic acids is 1. The first kappa shape index (κ1) is 18.5. The zero-order valence-corrected chi connectivity index (χ0v) is 14.7. The van der Waals surface area contributed by atoms with E-state index in [0.717, 1.165) is 0 Å². The molecule has 9 nitrogen and oxygen atoms in total. The molecule has 0 amide bonds. The number of aromatic nitrogens is 3. The number of carbonyl (C=O) groups is 2. The van der Waals surface area contributed by atoms with Gasteiger partial charge < -0.3 is 14.9 Å². The van der Waals surface area contributed by atoms with Crippen LogP contribution in [0.15, 0.2) is 22.8 Å². The second kappa shape index (κ2) is 7.50. The largest absolute Gasteiger partial charge is 0.478 e. The first-order valence-electron chi connectivity index (χ1n) is 8.19. The van der Waals surface area contributed by atoms with E-state index in [4.69, 9.17) is 14.5 Å².